The first-order valence-electron chi connectivity index (χ1n) is 23.7. The van der Waals surface area contributed by atoms with Crippen LogP contribution in [0.3, 0.4) is 0 Å². The van der Waals surface area contributed by atoms with E-state index in [-0.39, 0.29) is 22.9 Å². The molecule has 2 saturated carbocycles. The van der Waals surface area contributed by atoms with E-state index < -0.39 is 8.59 Å². The number of aromatic nitrogens is 8. The Morgan fingerprint density at radius 1 is 0.486 bits per heavy atom. The molecule has 2 aliphatic carbocycles. The summed E-state index contributed by atoms with van der Waals surface area (Å²) in [4.78, 5) is 24.5. The summed E-state index contributed by atoms with van der Waals surface area (Å²) in [6, 6.07) is 35.6. The first-order valence-corrected chi connectivity index (χ1v) is 27.1. The zero-order chi connectivity index (χ0) is 51.6. The van der Waals surface area contributed by atoms with Gasteiger partial charge in [-0.25, -0.2) is 9.36 Å². The number of nitrogens with one attached hydrogen (secondary N) is 4. The summed E-state index contributed by atoms with van der Waals surface area (Å²) < 4.78 is 2.23. The van der Waals surface area contributed by atoms with Crippen LogP contribution in [0, 0.1) is 0 Å². The van der Waals surface area contributed by atoms with Crippen LogP contribution in [0.25, 0.3) is 0 Å². The molecule has 0 atom stereocenters. The largest absolute Gasteiger partial charge is 0.352 e. The molecule has 4 aromatic carbocycles. The normalized spacial score (nSPS) is 14.4. The molecule has 0 bridgehead atoms. The van der Waals surface area contributed by atoms with E-state index in [0.29, 0.717) is 51.9 Å². The van der Waals surface area contributed by atoms with Gasteiger partial charge >= 0.3 is 0 Å². The lowest BCUT2D eigenvalue weighted by Gasteiger charge is -2.29. The van der Waals surface area contributed by atoms with Gasteiger partial charge in [-0.1, -0.05) is 203 Å². The van der Waals surface area contributed by atoms with Gasteiger partial charge in [-0.15, -0.1) is 10.2 Å². The van der Waals surface area contributed by atoms with Crippen LogP contribution in [-0.4, -0.2) is 60.8 Å². The van der Waals surface area contributed by atoms with Crippen molar-refractivity contribution in [2.45, 2.75) is 136 Å². The molecule has 2 fully saturated rings. The molecule has 388 valence electrons. The molecule has 14 nitrogen and oxygen atoms in total. The molecule has 8 rings (SSSR count). The molecule has 2 aliphatic rings. The number of rotatable bonds is 20. The lowest BCUT2D eigenvalue weighted by atomic mass is 9.95. The SMILES string of the molecule is ClC(Cl)Cl.ClC(Cl)Cl.O=C(CCCn1nnnc1C1(NCc2ccc(Cl)cc2)CCCC1)NCc1ccccc1.O=C(CCCn1nnnc1C1(NCc2ccc(Cl)cc2)CCCC1)NCc1ccccc1. The van der Waals surface area contributed by atoms with Gasteiger partial charge in [-0.3, -0.25) is 9.59 Å². The Hall–Kier alpha value is -3.80. The van der Waals surface area contributed by atoms with Crippen molar-refractivity contribution in [2.24, 2.45) is 0 Å². The monoisotopic (exact) mass is 1140 g/mol. The van der Waals surface area contributed by atoms with Crippen molar-refractivity contribution in [3.8, 4) is 0 Å². The number of tetrazole rings is 2. The van der Waals surface area contributed by atoms with Crippen LogP contribution < -0.4 is 21.3 Å². The fourth-order valence-electron chi connectivity index (χ4n) is 8.61. The molecule has 4 N–H and O–H groups in total. The number of nitrogens with zero attached hydrogens (tertiary/aromatic N) is 8. The van der Waals surface area contributed by atoms with Crippen LogP contribution >= 0.6 is 92.8 Å². The molecule has 0 saturated heterocycles. The van der Waals surface area contributed by atoms with E-state index in [2.05, 4.69) is 52.3 Å². The van der Waals surface area contributed by atoms with Crippen LogP contribution in [0.4, 0.5) is 0 Å². The maximum atomic E-state index is 12.2. The average Bonchev–Trinajstić information content (AvgIpc) is 4.23. The van der Waals surface area contributed by atoms with Gasteiger partial charge in [-0.2, -0.15) is 0 Å². The Labute approximate surface area is 461 Å². The Kier molecular flexibility index (Phi) is 26.1. The van der Waals surface area contributed by atoms with Crippen molar-refractivity contribution in [3.05, 3.63) is 153 Å². The molecule has 2 heterocycles. The van der Waals surface area contributed by atoms with Crippen molar-refractivity contribution in [2.75, 3.05) is 0 Å². The summed E-state index contributed by atoms with van der Waals surface area (Å²) in [7, 11) is 0. The number of hydrogen-bond acceptors (Lipinski definition) is 10. The van der Waals surface area contributed by atoms with E-state index in [0.717, 1.165) is 97.3 Å². The molecule has 0 unspecified atom stereocenters. The Morgan fingerprint density at radius 3 is 1.14 bits per heavy atom. The summed E-state index contributed by atoms with van der Waals surface area (Å²) in [5.74, 6) is 1.82. The second-order valence-corrected chi connectivity index (χ2v) is 22.0. The summed E-state index contributed by atoms with van der Waals surface area (Å²) in [6.45, 7) is 3.79. The predicted octanol–water partition coefficient (Wildman–Crippen LogP) is 11.9. The fourth-order valence-corrected chi connectivity index (χ4v) is 8.86. The molecule has 2 amide bonds. The highest BCUT2D eigenvalue weighted by Crippen LogP contribution is 2.39. The molecule has 0 radical (unpaired) electrons. The van der Waals surface area contributed by atoms with Crippen LogP contribution in [0.2, 0.25) is 10.0 Å². The number of amides is 2. The van der Waals surface area contributed by atoms with E-state index in [1.54, 1.807) is 0 Å². The van der Waals surface area contributed by atoms with Crippen molar-refractivity contribution in [1.82, 2.24) is 61.7 Å². The third kappa shape index (κ3) is 20.8. The van der Waals surface area contributed by atoms with Gasteiger partial charge in [-0.05, 0) is 106 Å². The molecule has 6 aromatic rings. The highest BCUT2D eigenvalue weighted by Gasteiger charge is 2.41. The van der Waals surface area contributed by atoms with Gasteiger partial charge in [0.2, 0.25) is 11.8 Å². The lowest BCUT2D eigenvalue weighted by Crippen LogP contribution is -2.42. The maximum absolute atomic E-state index is 12.2. The van der Waals surface area contributed by atoms with E-state index in [4.69, 9.17) is 92.8 Å². The maximum Gasteiger partial charge on any atom is 0.220 e. The molecule has 0 aliphatic heterocycles. The van der Waals surface area contributed by atoms with Crippen molar-refractivity contribution >= 4 is 105 Å². The molecular formula is C50H60Cl8N12O2. The highest BCUT2D eigenvalue weighted by molar-refractivity contribution is 6.63. The summed E-state index contributed by atoms with van der Waals surface area (Å²) in [6.07, 6.45) is 10.8. The van der Waals surface area contributed by atoms with Crippen LogP contribution in [0.15, 0.2) is 109 Å². The number of halogens is 8. The Morgan fingerprint density at radius 2 is 0.806 bits per heavy atom. The second kappa shape index (κ2) is 31.8. The molecule has 22 heteroatoms. The molecule has 72 heavy (non-hydrogen) atoms. The minimum atomic E-state index is -0.750. The second-order valence-electron chi connectivity index (χ2n) is 17.2. The van der Waals surface area contributed by atoms with E-state index in [9.17, 15) is 9.59 Å². The third-order valence-corrected chi connectivity index (χ3v) is 12.6. The Bertz CT molecular complexity index is 2280. The summed E-state index contributed by atoms with van der Waals surface area (Å²) in [5, 5.41) is 40.0. The van der Waals surface area contributed by atoms with Gasteiger partial charge in [0.1, 0.15) is 0 Å². The number of alkyl halides is 6. The minimum absolute atomic E-state index is 0.0416. The fraction of sp³-hybridized carbons (Fsp3) is 0.440. The summed E-state index contributed by atoms with van der Waals surface area (Å²) >= 11 is 40.9. The smallest absolute Gasteiger partial charge is 0.220 e. The minimum Gasteiger partial charge on any atom is -0.352 e. The van der Waals surface area contributed by atoms with Crippen LogP contribution in [0.1, 0.15) is 111 Å². The van der Waals surface area contributed by atoms with Gasteiger partial charge < -0.3 is 21.3 Å². The number of aryl methyl sites for hydroxylation is 2. The van der Waals surface area contributed by atoms with E-state index >= 15 is 0 Å². The highest BCUT2D eigenvalue weighted by atomic mass is 35.6. The Balaban J connectivity index is 0.000000233. The number of hydrogen-bond donors (Lipinski definition) is 4. The quantitative estimate of drug-likeness (QED) is 0.0540. The van der Waals surface area contributed by atoms with Crippen LogP contribution in [-0.2, 0) is 59.9 Å². The van der Waals surface area contributed by atoms with Gasteiger partial charge in [0.05, 0.1) is 11.1 Å². The lowest BCUT2D eigenvalue weighted by molar-refractivity contribution is -0.122. The summed E-state index contributed by atoms with van der Waals surface area (Å²) in [5.41, 5.74) is 4.07. The number of carbonyl (C=O) groups excluding carboxylic acids is 2. The first kappa shape index (κ1) is 59.1. The molecule has 0 spiro atoms. The molecular weight excluding hydrogens is 1080 g/mol. The van der Waals surface area contributed by atoms with Crippen molar-refractivity contribution in [3.63, 3.8) is 0 Å². The van der Waals surface area contributed by atoms with Gasteiger partial charge in [0, 0.05) is 62.2 Å². The predicted molar refractivity (Wildman–Crippen MR) is 290 cm³/mol. The zero-order valence-electron chi connectivity index (χ0n) is 39.7. The first-order chi connectivity index (χ1) is 34.8. The average molecular weight is 1140 g/mol. The number of carbonyl (C=O) groups is 2. The van der Waals surface area contributed by atoms with Gasteiger partial charge in [0.15, 0.2) is 20.2 Å². The van der Waals surface area contributed by atoms with E-state index in [1.165, 1.54) is 11.1 Å². The van der Waals surface area contributed by atoms with E-state index in [1.807, 2.05) is 119 Å². The third-order valence-electron chi connectivity index (χ3n) is 12.1. The van der Waals surface area contributed by atoms with Crippen molar-refractivity contribution < 1.29 is 9.59 Å². The van der Waals surface area contributed by atoms with Crippen LogP contribution in [0.5, 0.6) is 0 Å². The van der Waals surface area contributed by atoms with Crippen molar-refractivity contribution in [1.29, 1.82) is 0 Å². The molecule has 2 aromatic heterocycles. The zero-order valence-corrected chi connectivity index (χ0v) is 45.7. The van der Waals surface area contributed by atoms with Gasteiger partial charge in [0.25, 0.3) is 0 Å². The standard InChI is InChI=1S/2C24H29ClN6O.2CHCl3/c2*25-21-12-10-20(11-13-21)18-27-24(14-4-5-15-24)23-28-29-30-31(23)16-6-9-22(32)26-17-19-7-2-1-3-8-19;2*2-1(3)4/h2*1-3,7-8,10-13,27H,4-6,9,14-18H2,(H,26,32);2*1H. The topological polar surface area (TPSA) is 169 Å². The number of benzene rings is 4.